The minimum absolute atomic E-state index is 0.386. The second kappa shape index (κ2) is 10.8. The van der Waals surface area contributed by atoms with Crippen LogP contribution in [0.2, 0.25) is 0 Å². The van der Waals surface area contributed by atoms with E-state index in [2.05, 4.69) is 61.3 Å². The van der Waals surface area contributed by atoms with Crippen LogP contribution in [0, 0.1) is 0 Å². The van der Waals surface area contributed by atoms with Crippen molar-refractivity contribution < 1.29 is 4.74 Å². The Kier molecular flexibility index (Phi) is 9.31. The van der Waals surface area contributed by atoms with Crippen LogP contribution in [-0.2, 0) is 4.74 Å². The SMILES string of the molecule is CCCNC(CN(CCOC)C(C)CC)c1ccccc1. The van der Waals surface area contributed by atoms with Crippen LogP contribution in [0.3, 0.4) is 0 Å². The van der Waals surface area contributed by atoms with E-state index in [0.717, 1.165) is 32.7 Å². The van der Waals surface area contributed by atoms with Gasteiger partial charge in [0, 0.05) is 32.3 Å². The molecule has 0 saturated carbocycles. The quantitative estimate of drug-likeness (QED) is 0.676. The number of hydrogen-bond acceptors (Lipinski definition) is 3. The van der Waals surface area contributed by atoms with Gasteiger partial charge in [0.25, 0.3) is 0 Å². The van der Waals surface area contributed by atoms with Crippen molar-refractivity contribution in [3.8, 4) is 0 Å². The van der Waals surface area contributed by atoms with Gasteiger partial charge in [-0.3, -0.25) is 4.90 Å². The van der Waals surface area contributed by atoms with Crippen LogP contribution in [0.5, 0.6) is 0 Å². The molecule has 1 aromatic rings. The number of rotatable bonds is 11. The molecule has 3 nitrogen and oxygen atoms in total. The maximum Gasteiger partial charge on any atom is 0.0589 e. The van der Waals surface area contributed by atoms with Crippen molar-refractivity contribution in [3.63, 3.8) is 0 Å². The molecule has 21 heavy (non-hydrogen) atoms. The summed E-state index contributed by atoms with van der Waals surface area (Å²) in [6.45, 7) is 10.6. The standard InChI is InChI=1S/C18H32N2O/c1-5-12-19-18(17-10-8-7-9-11-17)15-20(13-14-21-4)16(3)6-2/h7-11,16,18-19H,5-6,12-15H2,1-4H3. The maximum absolute atomic E-state index is 5.27. The Balaban J connectivity index is 2.75. The molecular weight excluding hydrogens is 260 g/mol. The summed E-state index contributed by atoms with van der Waals surface area (Å²) in [5.74, 6) is 0. The first-order chi connectivity index (χ1) is 10.2. The minimum atomic E-state index is 0.386. The highest BCUT2D eigenvalue weighted by Gasteiger charge is 2.18. The fraction of sp³-hybridized carbons (Fsp3) is 0.667. The third-order valence-electron chi connectivity index (χ3n) is 4.06. The third-order valence-corrected chi connectivity index (χ3v) is 4.06. The number of ether oxygens (including phenoxy) is 1. The van der Waals surface area contributed by atoms with Gasteiger partial charge < -0.3 is 10.1 Å². The molecule has 0 saturated heterocycles. The Labute approximate surface area is 130 Å². The van der Waals surface area contributed by atoms with Gasteiger partial charge in [-0.15, -0.1) is 0 Å². The molecule has 2 atom stereocenters. The molecule has 120 valence electrons. The fourth-order valence-electron chi connectivity index (χ4n) is 2.48. The third kappa shape index (κ3) is 6.60. The summed E-state index contributed by atoms with van der Waals surface area (Å²) in [7, 11) is 1.78. The topological polar surface area (TPSA) is 24.5 Å². The fourth-order valence-corrected chi connectivity index (χ4v) is 2.48. The van der Waals surface area contributed by atoms with E-state index >= 15 is 0 Å². The van der Waals surface area contributed by atoms with Gasteiger partial charge in [-0.25, -0.2) is 0 Å². The van der Waals surface area contributed by atoms with E-state index < -0.39 is 0 Å². The van der Waals surface area contributed by atoms with Crippen LogP contribution in [-0.4, -0.2) is 44.3 Å². The van der Waals surface area contributed by atoms with E-state index in [1.807, 2.05) is 0 Å². The summed E-state index contributed by atoms with van der Waals surface area (Å²) < 4.78 is 5.27. The predicted molar refractivity (Wildman–Crippen MR) is 90.7 cm³/mol. The molecule has 0 aliphatic carbocycles. The van der Waals surface area contributed by atoms with Gasteiger partial charge in [-0.2, -0.15) is 0 Å². The highest BCUT2D eigenvalue weighted by Crippen LogP contribution is 2.16. The van der Waals surface area contributed by atoms with Crippen molar-refractivity contribution in [3.05, 3.63) is 35.9 Å². The molecule has 1 rings (SSSR count). The molecule has 3 heteroatoms. The first kappa shape index (κ1) is 18.1. The number of nitrogens with one attached hydrogen (secondary N) is 1. The zero-order valence-electron chi connectivity index (χ0n) is 14.1. The van der Waals surface area contributed by atoms with Crippen LogP contribution < -0.4 is 5.32 Å². The Hall–Kier alpha value is -0.900. The molecule has 1 aromatic carbocycles. The maximum atomic E-state index is 5.27. The van der Waals surface area contributed by atoms with Crippen LogP contribution in [0.1, 0.15) is 45.2 Å². The molecule has 0 amide bonds. The minimum Gasteiger partial charge on any atom is -0.383 e. The summed E-state index contributed by atoms with van der Waals surface area (Å²) in [6.07, 6.45) is 2.32. The smallest absolute Gasteiger partial charge is 0.0589 e. The van der Waals surface area contributed by atoms with E-state index in [9.17, 15) is 0 Å². The second-order valence-electron chi connectivity index (χ2n) is 5.66. The van der Waals surface area contributed by atoms with Crippen LogP contribution in [0.4, 0.5) is 0 Å². The van der Waals surface area contributed by atoms with Gasteiger partial charge in [0.2, 0.25) is 0 Å². The summed E-state index contributed by atoms with van der Waals surface area (Å²) in [5.41, 5.74) is 1.37. The van der Waals surface area contributed by atoms with Crippen LogP contribution in [0.15, 0.2) is 30.3 Å². The molecule has 0 radical (unpaired) electrons. The Morgan fingerprint density at radius 3 is 2.48 bits per heavy atom. The summed E-state index contributed by atoms with van der Waals surface area (Å²) in [6, 6.07) is 11.7. The molecule has 0 spiro atoms. The van der Waals surface area contributed by atoms with E-state index in [1.165, 1.54) is 12.0 Å². The van der Waals surface area contributed by atoms with E-state index in [4.69, 9.17) is 4.74 Å². The summed E-state index contributed by atoms with van der Waals surface area (Å²) in [4.78, 5) is 2.53. The van der Waals surface area contributed by atoms with Crippen LogP contribution >= 0.6 is 0 Å². The predicted octanol–water partition coefficient (Wildman–Crippen LogP) is 3.47. The Morgan fingerprint density at radius 2 is 1.90 bits per heavy atom. The zero-order valence-corrected chi connectivity index (χ0v) is 14.1. The van der Waals surface area contributed by atoms with Crippen molar-refractivity contribution >= 4 is 0 Å². The van der Waals surface area contributed by atoms with E-state index in [-0.39, 0.29) is 0 Å². The second-order valence-corrected chi connectivity index (χ2v) is 5.66. The van der Waals surface area contributed by atoms with Gasteiger partial charge in [0.15, 0.2) is 0 Å². The molecule has 0 aliphatic rings. The van der Waals surface area contributed by atoms with Crippen molar-refractivity contribution in [2.24, 2.45) is 0 Å². The molecule has 0 bridgehead atoms. The summed E-state index contributed by atoms with van der Waals surface area (Å²) >= 11 is 0. The summed E-state index contributed by atoms with van der Waals surface area (Å²) in [5, 5.41) is 3.69. The molecule has 0 aliphatic heterocycles. The first-order valence-corrected chi connectivity index (χ1v) is 8.24. The van der Waals surface area contributed by atoms with Crippen molar-refractivity contribution in [1.29, 1.82) is 0 Å². The highest BCUT2D eigenvalue weighted by molar-refractivity contribution is 5.19. The van der Waals surface area contributed by atoms with E-state index in [1.54, 1.807) is 7.11 Å². The average molecular weight is 292 g/mol. The van der Waals surface area contributed by atoms with Crippen LogP contribution in [0.25, 0.3) is 0 Å². The number of methoxy groups -OCH3 is 1. The van der Waals surface area contributed by atoms with Gasteiger partial charge >= 0.3 is 0 Å². The molecular formula is C18H32N2O. The average Bonchev–Trinajstić information content (AvgIpc) is 2.54. The molecule has 1 N–H and O–H groups in total. The monoisotopic (exact) mass is 292 g/mol. The van der Waals surface area contributed by atoms with E-state index in [0.29, 0.717) is 12.1 Å². The normalized spacial score (nSPS) is 14.3. The zero-order chi connectivity index (χ0) is 15.5. The lowest BCUT2D eigenvalue weighted by Gasteiger charge is -2.32. The lowest BCUT2D eigenvalue weighted by molar-refractivity contribution is 0.114. The van der Waals surface area contributed by atoms with Crippen molar-refractivity contribution in [1.82, 2.24) is 10.2 Å². The Bertz CT molecular complexity index is 355. The van der Waals surface area contributed by atoms with Gasteiger partial charge in [0.05, 0.1) is 6.61 Å². The number of nitrogens with zero attached hydrogens (tertiary/aromatic N) is 1. The largest absolute Gasteiger partial charge is 0.383 e. The van der Waals surface area contributed by atoms with Crippen molar-refractivity contribution in [2.45, 2.75) is 45.7 Å². The lowest BCUT2D eigenvalue weighted by Crippen LogP contribution is -2.42. The lowest BCUT2D eigenvalue weighted by atomic mass is 10.0. The van der Waals surface area contributed by atoms with Gasteiger partial charge in [0.1, 0.15) is 0 Å². The number of hydrogen-bond donors (Lipinski definition) is 1. The highest BCUT2D eigenvalue weighted by atomic mass is 16.5. The molecule has 0 aromatic heterocycles. The number of benzene rings is 1. The molecule has 2 unspecified atom stereocenters. The molecule has 0 fully saturated rings. The van der Waals surface area contributed by atoms with Crippen molar-refractivity contribution in [2.75, 3.05) is 33.4 Å². The Morgan fingerprint density at radius 1 is 1.19 bits per heavy atom. The van der Waals surface area contributed by atoms with Gasteiger partial charge in [-0.1, -0.05) is 44.2 Å². The first-order valence-electron chi connectivity index (χ1n) is 8.24. The van der Waals surface area contributed by atoms with Gasteiger partial charge in [-0.05, 0) is 31.9 Å². The molecule has 0 heterocycles.